The van der Waals surface area contributed by atoms with E-state index in [-0.39, 0.29) is 34.1 Å². The summed E-state index contributed by atoms with van der Waals surface area (Å²) >= 11 is 0. The highest BCUT2D eigenvalue weighted by Gasteiger charge is 2.28. The van der Waals surface area contributed by atoms with Gasteiger partial charge in [0.05, 0.1) is 40.7 Å². The van der Waals surface area contributed by atoms with E-state index in [1.807, 2.05) is 6.07 Å². The van der Waals surface area contributed by atoms with Crippen LogP contribution in [-0.2, 0) is 15.6 Å². The maximum Gasteiger partial charge on any atom is 0.320 e. The van der Waals surface area contributed by atoms with Crippen LogP contribution in [0.4, 0.5) is 8.78 Å². The number of pyridine rings is 1. The Morgan fingerprint density at radius 1 is 1.26 bits per heavy atom. The molecule has 39 heavy (non-hydrogen) atoms. The SMILES string of the molecule is CN1CCN=C1c1cc(S(=O)C(CN)C(=O)O)ccc1Oc1c(F)cnc(Oc2cc(C#N)ccc2O)c1F. The third-order valence-corrected chi connectivity index (χ3v) is 7.27. The highest BCUT2D eigenvalue weighted by Crippen LogP contribution is 2.38. The normalized spacial score (nSPS) is 14.3. The van der Waals surface area contributed by atoms with Crippen molar-refractivity contribution in [3.8, 4) is 34.9 Å². The number of likely N-dealkylation sites (N-methyl/N-ethyl adjacent to an activating group) is 1. The number of hydrogen-bond acceptors (Lipinski definition) is 10. The first kappa shape index (κ1) is 27.4. The molecule has 1 aliphatic rings. The first-order chi connectivity index (χ1) is 18.6. The van der Waals surface area contributed by atoms with Crippen LogP contribution in [0.15, 0.2) is 52.5 Å². The number of halogens is 2. The highest BCUT2D eigenvalue weighted by molar-refractivity contribution is 7.86. The van der Waals surface area contributed by atoms with Crippen molar-refractivity contribution in [3.63, 3.8) is 0 Å². The summed E-state index contributed by atoms with van der Waals surface area (Å²) in [5.74, 6) is -5.90. The molecular weight excluding hydrogens is 536 g/mol. The van der Waals surface area contributed by atoms with Crippen LogP contribution in [-0.4, -0.2) is 68.0 Å². The molecule has 2 unspecified atom stereocenters. The Hall–Kier alpha value is -4.61. The number of aromatic nitrogens is 1. The predicted molar refractivity (Wildman–Crippen MR) is 134 cm³/mol. The second-order valence-electron chi connectivity index (χ2n) is 8.20. The van der Waals surface area contributed by atoms with Gasteiger partial charge in [-0.25, -0.2) is 9.37 Å². The number of phenolic OH excluding ortho intramolecular Hbond substituents is 1. The van der Waals surface area contributed by atoms with Gasteiger partial charge in [0.2, 0.25) is 11.6 Å². The van der Waals surface area contributed by atoms with Crippen LogP contribution in [0.25, 0.3) is 0 Å². The molecule has 2 aromatic carbocycles. The van der Waals surface area contributed by atoms with E-state index in [0.29, 0.717) is 25.1 Å². The van der Waals surface area contributed by atoms with Crippen molar-refractivity contribution >= 4 is 22.6 Å². The average molecular weight is 558 g/mol. The average Bonchev–Trinajstić information content (AvgIpc) is 3.35. The van der Waals surface area contributed by atoms with E-state index in [1.165, 1.54) is 30.3 Å². The summed E-state index contributed by atoms with van der Waals surface area (Å²) in [4.78, 5) is 21.3. The van der Waals surface area contributed by atoms with Crippen LogP contribution < -0.4 is 15.2 Å². The van der Waals surface area contributed by atoms with Crippen molar-refractivity contribution in [2.75, 3.05) is 26.7 Å². The van der Waals surface area contributed by atoms with Gasteiger partial charge >= 0.3 is 5.97 Å². The lowest BCUT2D eigenvalue weighted by Gasteiger charge is -2.19. The number of carboxylic acids is 1. The van der Waals surface area contributed by atoms with Crippen molar-refractivity contribution in [1.82, 2.24) is 9.88 Å². The number of carbonyl (C=O) groups is 1. The molecule has 0 aliphatic carbocycles. The van der Waals surface area contributed by atoms with Crippen LogP contribution in [0.3, 0.4) is 0 Å². The van der Waals surface area contributed by atoms with E-state index in [9.17, 15) is 23.6 Å². The number of benzene rings is 2. The number of nitrogens with zero attached hydrogens (tertiary/aromatic N) is 4. The second kappa shape index (κ2) is 11.4. The molecular formula is C25H21F2N5O6S. The van der Waals surface area contributed by atoms with Crippen molar-refractivity contribution in [2.45, 2.75) is 10.1 Å². The summed E-state index contributed by atoms with van der Waals surface area (Å²) in [6, 6.07) is 9.45. The van der Waals surface area contributed by atoms with Crippen LogP contribution in [0.2, 0.25) is 0 Å². The zero-order chi connectivity index (χ0) is 28.3. The number of aromatic hydroxyl groups is 1. The lowest BCUT2D eigenvalue weighted by molar-refractivity contribution is -0.136. The number of amidine groups is 1. The minimum Gasteiger partial charge on any atom is -0.504 e. The lowest BCUT2D eigenvalue weighted by Crippen LogP contribution is -2.33. The monoisotopic (exact) mass is 557 g/mol. The molecule has 0 bridgehead atoms. The quantitative estimate of drug-likeness (QED) is 0.355. The van der Waals surface area contributed by atoms with Crippen LogP contribution in [0, 0.1) is 23.0 Å². The first-order valence-electron chi connectivity index (χ1n) is 11.3. The van der Waals surface area contributed by atoms with Gasteiger partial charge in [-0.05, 0) is 30.3 Å². The van der Waals surface area contributed by atoms with E-state index in [2.05, 4.69) is 9.98 Å². The van der Waals surface area contributed by atoms with Gasteiger partial charge in [0.15, 0.2) is 17.3 Å². The van der Waals surface area contributed by atoms with E-state index < -0.39 is 51.0 Å². The van der Waals surface area contributed by atoms with Crippen molar-refractivity contribution in [2.24, 2.45) is 10.7 Å². The summed E-state index contributed by atoms with van der Waals surface area (Å²) in [5, 5.41) is 27.1. The first-order valence-corrected chi connectivity index (χ1v) is 12.5. The molecule has 0 radical (unpaired) electrons. The minimum atomic E-state index is -2.05. The number of aliphatic carboxylic acids is 1. The number of hydrogen-bond donors (Lipinski definition) is 3. The molecule has 2 heterocycles. The van der Waals surface area contributed by atoms with E-state index >= 15 is 4.39 Å². The molecule has 0 saturated carbocycles. The molecule has 4 N–H and O–H groups in total. The van der Waals surface area contributed by atoms with E-state index in [1.54, 1.807) is 11.9 Å². The highest BCUT2D eigenvalue weighted by atomic mass is 32.2. The maximum absolute atomic E-state index is 15.4. The fourth-order valence-corrected chi connectivity index (χ4v) is 4.76. The molecule has 0 spiro atoms. The Kier molecular flexibility index (Phi) is 8.03. The number of ether oxygens (including phenoxy) is 2. The molecule has 11 nitrogen and oxygen atoms in total. The molecule has 202 valence electrons. The van der Waals surface area contributed by atoms with Crippen molar-refractivity contribution < 1.29 is 37.5 Å². The Labute approximate surface area is 223 Å². The molecule has 3 aromatic rings. The predicted octanol–water partition coefficient (Wildman–Crippen LogP) is 2.73. The van der Waals surface area contributed by atoms with Gasteiger partial charge in [0, 0.05) is 31.1 Å². The topological polar surface area (TPSA) is 171 Å². The van der Waals surface area contributed by atoms with Crippen molar-refractivity contribution in [1.29, 1.82) is 5.26 Å². The van der Waals surface area contributed by atoms with Gasteiger partial charge in [0.25, 0.3) is 5.88 Å². The summed E-state index contributed by atoms with van der Waals surface area (Å²) in [5.41, 5.74) is 5.81. The lowest BCUT2D eigenvalue weighted by atomic mass is 10.1. The molecule has 1 aliphatic heterocycles. The molecule has 4 rings (SSSR count). The largest absolute Gasteiger partial charge is 0.504 e. The van der Waals surface area contributed by atoms with Crippen LogP contribution >= 0.6 is 0 Å². The Balaban J connectivity index is 1.75. The Morgan fingerprint density at radius 2 is 2.03 bits per heavy atom. The maximum atomic E-state index is 15.4. The minimum absolute atomic E-state index is 0.0767. The van der Waals surface area contributed by atoms with Crippen LogP contribution in [0.5, 0.6) is 28.9 Å². The second-order valence-corrected chi connectivity index (χ2v) is 9.83. The number of carboxylic acid groups (broad SMARTS) is 1. The molecule has 14 heteroatoms. The molecule has 0 fully saturated rings. The molecule has 0 amide bonds. The standard InChI is InChI=1S/C25H21F2N5O6S/c1-32-7-6-30-23(32)15-9-14(39(36)20(11-29)25(34)35)3-5-18(15)37-22-16(26)12-31-24(21(22)27)38-19-8-13(10-28)2-4-17(19)33/h2-5,8-9,12,20,33H,6-7,11,29H2,1H3,(H,34,35). The van der Waals surface area contributed by atoms with Gasteiger partial charge in [-0.15, -0.1) is 0 Å². The van der Waals surface area contributed by atoms with Gasteiger partial charge in [-0.3, -0.25) is 14.0 Å². The van der Waals surface area contributed by atoms with E-state index in [0.717, 1.165) is 6.07 Å². The molecule has 1 aromatic heterocycles. The molecule has 2 atom stereocenters. The number of nitriles is 1. The third kappa shape index (κ3) is 5.64. The van der Waals surface area contributed by atoms with Gasteiger partial charge < -0.3 is 30.3 Å². The third-order valence-electron chi connectivity index (χ3n) is 5.64. The summed E-state index contributed by atoms with van der Waals surface area (Å²) in [6.45, 7) is 0.573. The summed E-state index contributed by atoms with van der Waals surface area (Å²) < 4.78 is 54.0. The number of aliphatic imine (C=N–C) groups is 1. The van der Waals surface area contributed by atoms with Crippen LogP contribution in [0.1, 0.15) is 11.1 Å². The zero-order valence-electron chi connectivity index (χ0n) is 20.3. The smallest absolute Gasteiger partial charge is 0.320 e. The van der Waals surface area contributed by atoms with Gasteiger partial charge in [0.1, 0.15) is 16.8 Å². The molecule has 0 saturated heterocycles. The van der Waals surface area contributed by atoms with Gasteiger partial charge in [-0.1, -0.05) is 0 Å². The van der Waals surface area contributed by atoms with Gasteiger partial charge in [-0.2, -0.15) is 9.65 Å². The fourth-order valence-electron chi connectivity index (χ4n) is 3.64. The summed E-state index contributed by atoms with van der Waals surface area (Å²) in [7, 11) is -0.324. The summed E-state index contributed by atoms with van der Waals surface area (Å²) in [6.07, 6.45) is 0.653. The van der Waals surface area contributed by atoms with Crippen molar-refractivity contribution in [3.05, 3.63) is 65.4 Å². The number of nitrogens with two attached hydrogens (primary N) is 1. The Bertz CT molecular complexity index is 1540. The zero-order valence-corrected chi connectivity index (χ0v) is 21.1. The van der Waals surface area contributed by atoms with E-state index in [4.69, 9.17) is 20.5 Å². The Morgan fingerprint density at radius 3 is 2.67 bits per heavy atom. The number of rotatable bonds is 9. The fraction of sp³-hybridized carbons (Fsp3) is 0.200. The number of phenols is 1.